The van der Waals surface area contributed by atoms with E-state index in [4.69, 9.17) is 15.9 Å². The van der Waals surface area contributed by atoms with Crippen LogP contribution in [0.4, 0.5) is 0 Å². The zero-order valence-electron chi connectivity index (χ0n) is 11.6. The molecule has 0 aromatic carbocycles. The average molecular weight is 252 g/mol. The molecular weight excluding hydrogens is 228 g/mol. The highest BCUT2D eigenvalue weighted by atomic mass is 16.5. The Hall–Kier alpha value is -1.52. The van der Waals surface area contributed by atoms with E-state index in [2.05, 4.69) is 12.0 Å². The molecular formula is C13H24N4O. The molecule has 0 unspecified atom stereocenters. The molecule has 0 aliphatic carbocycles. The normalized spacial score (nSPS) is 10.6. The van der Waals surface area contributed by atoms with Gasteiger partial charge >= 0.3 is 0 Å². The molecule has 3 N–H and O–H groups in total. The third-order valence-corrected chi connectivity index (χ3v) is 2.93. The van der Waals surface area contributed by atoms with Crippen molar-refractivity contribution in [2.45, 2.75) is 46.0 Å². The second kappa shape index (κ2) is 7.03. The van der Waals surface area contributed by atoms with Crippen LogP contribution in [0.5, 0.6) is 5.88 Å². The van der Waals surface area contributed by atoms with E-state index in [-0.39, 0.29) is 5.84 Å². The van der Waals surface area contributed by atoms with Gasteiger partial charge in [-0.15, -0.1) is 0 Å². The van der Waals surface area contributed by atoms with E-state index in [1.54, 1.807) is 4.68 Å². The van der Waals surface area contributed by atoms with E-state index in [0.29, 0.717) is 18.1 Å². The zero-order valence-corrected chi connectivity index (χ0v) is 11.6. The second-order valence-electron chi connectivity index (χ2n) is 4.57. The first-order valence-electron chi connectivity index (χ1n) is 6.58. The number of hydrogen-bond acceptors (Lipinski definition) is 3. The maximum atomic E-state index is 7.55. The Balaban J connectivity index is 2.49. The first-order valence-corrected chi connectivity index (χ1v) is 6.58. The van der Waals surface area contributed by atoms with Crippen LogP contribution in [0, 0.1) is 12.3 Å². The van der Waals surface area contributed by atoms with Crippen molar-refractivity contribution in [3.8, 4) is 5.88 Å². The van der Waals surface area contributed by atoms with E-state index in [1.165, 1.54) is 25.7 Å². The van der Waals surface area contributed by atoms with Gasteiger partial charge in [0, 0.05) is 7.05 Å². The van der Waals surface area contributed by atoms with Crippen molar-refractivity contribution in [3.63, 3.8) is 0 Å². The van der Waals surface area contributed by atoms with Crippen molar-refractivity contribution in [1.82, 2.24) is 9.78 Å². The SMILES string of the molecule is CCCCCCCOc1c(C(=N)N)c(C)nn1C. The molecule has 0 bridgehead atoms. The van der Waals surface area contributed by atoms with Crippen LogP contribution >= 0.6 is 0 Å². The lowest BCUT2D eigenvalue weighted by Gasteiger charge is -2.08. The van der Waals surface area contributed by atoms with Crippen molar-refractivity contribution in [2.24, 2.45) is 12.8 Å². The highest BCUT2D eigenvalue weighted by Crippen LogP contribution is 2.20. The fraction of sp³-hybridized carbons (Fsp3) is 0.692. The molecule has 0 spiro atoms. The lowest BCUT2D eigenvalue weighted by atomic mass is 10.2. The Labute approximate surface area is 109 Å². The van der Waals surface area contributed by atoms with Gasteiger partial charge in [-0.05, 0) is 13.3 Å². The van der Waals surface area contributed by atoms with Crippen LogP contribution in [0.3, 0.4) is 0 Å². The minimum absolute atomic E-state index is 0.0154. The first-order chi connectivity index (χ1) is 8.57. The molecule has 5 nitrogen and oxygen atoms in total. The van der Waals surface area contributed by atoms with Gasteiger partial charge in [0.15, 0.2) is 0 Å². The van der Waals surface area contributed by atoms with E-state index in [0.717, 1.165) is 12.1 Å². The Morgan fingerprint density at radius 1 is 1.33 bits per heavy atom. The van der Waals surface area contributed by atoms with Gasteiger partial charge in [0.1, 0.15) is 11.4 Å². The predicted octanol–water partition coefficient (Wildman–Crippen LogP) is 2.36. The number of nitrogen functional groups attached to an aromatic ring is 1. The number of aromatic nitrogens is 2. The van der Waals surface area contributed by atoms with Crippen LogP contribution in [0.2, 0.25) is 0 Å². The minimum atomic E-state index is 0.0154. The van der Waals surface area contributed by atoms with Crippen LogP contribution < -0.4 is 10.5 Å². The topological polar surface area (TPSA) is 76.9 Å². The summed E-state index contributed by atoms with van der Waals surface area (Å²) in [5, 5.41) is 11.8. The summed E-state index contributed by atoms with van der Waals surface area (Å²) in [4.78, 5) is 0. The highest BCUT2D eigenvalue weighted by molar-refractivity contribution is 5.98. The van der Waals surface area contributed by atoms with E-state index >= 15 is 0 Å². The van der Waals surface area contributed by atoms with E-state index < -0.39 is 0 Å². The molecule has 0 aliphatic rings. The highest BCUT2D eigenvalue weighted by Gasteiger charge is 2.16. The molecule has 5 heteroatoms. The quantitative estimate of drug-likeness (QED) is 0.423. The number of nitrogens with one attached hydrogen (secondary N) is 1. The Morgan fingerprint density at radius 3 is 2.61 bits per heavy atom. The van der Waals surface area contributed by atoms with Crippen LogP contribution in [-0.2, 0) is 7.05 Å². The van der Waals surface area contributed by atoms with Crippen molar-refractivity contribution < 1.29 is 4.74 Å². The third-order valence-electron chi connectivity index (χ3n) is 2.93. The molecule has 0 atom stereocenters. The minimum Gasteiger partial charge on any atom is -0.477 e. The Kier molecular flexibility index (Phi) is 5.68. The third kappa shape index (κ3) is 3.75. The summed E-state index contributed by atoms with van der Waals surface area (Å²) in [6.07, 6.45) is 5.99. The number of unbranched alkanes of at least 4 members (excludes halogenated alkanes) is 4. The van der Waals surface area contributed by atoms with Gasteiger partial charge in [0.2, 0.25) is 5.88 Å². The summed E-state index contributed by atoms with van der Waals surface area (Å²) >= 11 is 0. The average Bonchev–Trinajstić information content (AvgIpc) is 2.58. The molecule has 0 saturated carbocycles. The number of rotatable bonds is 8. The number of hydrogen-bond donors (Lipinski definition) is 2. The van der Waals surface area contributed by atoms with Crippen molar-refractivity contribution in [1.29, 1.82) is 5.41 Å². The Bertz CT molecular complexity index is 398. The van der Waals surface area contributed by atoms with Gasteiger partial charge in [0.05, 0.1) is 12.3 Å². The zero-order chi connectivity index (χ0) is 13.5. The summed E-state index contributed by atoms with van der Waals surface area (Å²) in [5.41, 5.74) is 6.91. The van der Waals surface area contributed by atoms with Crippen molar-refractivity contribution >= 4 is 5.84 Å². The molecule has 1 rings (SSSR count). The summed E-state index contributed by atoms with van der Waals surface area (Å²) in [6, 6.07) is 0. The molecule has 0 saturated heterocycles. The largest absolute Gasteiger partial charge is 0.477 e. The van der Waals surface area contributed by atoms with E-state index in [9.17, 15) is 0 Å². The lowest BCUT2D eigenvalue weighted by Crippen LogP contribution is -2.14. The maximum Gasteiger partial charge on any atom is 0.223 e. The summed E-state index contributed by atoms with van der Waals surface area (Å²) in [6.45, 7) is 4.70. The predicted molar refractivity (Wildman–Crippen MR) is 73.2 cm³/mol. The van der Waals surface area contributed by atoms with Crippen LogP contribution in [0.1, 0.15) is 50.3 Å². The molecule has 0 fully saturated rings. The first kappa shape index (κ1) is 14.5. The van der Waals surface area contributed by atoms with Gasteiger partial charge < -0.3 is 10.5 Å². The molecule has 18 heavy (non-hydrogen) atoms. The maximum absolute atomic E-state index is 7.55. The molecule has 0 aliphatic heterocycles. The summed E-state index contributed by atoms with van der Waals surface area (Å²) in [5.74, 6) is 0.622. The van der Waals surface area contributed by atoms with Crippen molar-refractivity contribution in [2.75, 3.05) is 6.61 Å². The van der Waals surface area contributed by atoms with Gasteiger partial charge in [0.25, 0.3) is 0 Å². The number of nitrogens with zero attached hydrogens (tertiary/aromatic N) is 2. The fourth-order valence-corrected chi connectivity index (χ4v) is 1.99. The second-order valence-corrected chi connectivity index (χ2v) is 4.57. The lowest BCUT2D eigenvalue weighted by molar-refractivity contribution is 0.279. The van der Waals surface area contributed by atoms with E-state index in [1.807, 2.05) is 14.0 Å². The fourth-order valence-electron chi connectivity index (χ4n) is 1.99. The van der Waals surface area contributed by atoms with Crippen molar-refractivity contribution in [3.05, 3.63) is 11.3 Å². The molecule has 0 amide bonds. The molecule has 1 heterocycles. The molecule has 102 valence electrons. The van der Waals surface area contributed by atoms with Gasteiger partial charge in [-0.1, -0.05) is 32.6 Å². The van der Waals surface area contributed by atoms with Crippen LogP contribution in [-0.4, -0.2) is 22.2 Å². The summed E-state index contributed by atoms with van der Waals surface area (Å²) < 4.78 is 7.36. The monoisotopic (exact) mass is 252 g/mol. The smallest absolute Gasteiger partial charge is 0.223 e. The number of aryl methyl sites for hydroxylation is 2. The standard InChI is InChI=1S/C13H24N4O/c1-4-5-6-7-8-9-18-13-11(12(14)15)10(2)16-17(13)3/h4-9H2,1-3H3,(H3,14,15). The van der Waals surface area contributed by atoms with Gasteiger partial charge in [-0.3, -0.25) is 5.41 Å². The molecule has 1 aromatic heterocycles. The number of ether oxygens (including phenoxy) is 1. The van der Waals surface area contributed by atoms with Crippen LogP contribution in [0.25, 0.3) is 0 Å². The number of amidine groups is 1. The van der Waals surface area contributed by atoms with Gasteiger partial charge in [-0.2, -0.15) is 5.10 Å². The molecule has 1 aromatic rings. The number of nitrogens with two attached hydrogens (primary N) is 1. The van der Waals surface area contributed by atoms with Crippen LogP contribution in [0.15, 0.2) is 0 Å². The Morgan fingerprint density at radius 2 is 2.00 bits per heavy atom. The molecule has 0 radical (unpaired) electrons. The van der Waals surface area contributed by atoms with Gasteiger partial charge in [-0.25, -0.2) is 4.68 Å². The summed E-state index contributed by atoms with van der Waals surface area (Å²) in [7, 11) is 1.81.